The quantitative estimate of drug-likeness (QED) is 0.644. The van der Waals surface area contributed by atoms with Gasteiger partial charge in [0.1, 0.15) is 0 Å². The van der Waals surface area contributed by atoms with Crippen LogP contribution in [0.5, 0.6) is 0 Å². The Morgan fingerprint density at radius 1 is 1.25 bits per heavy atom. The van der Waals surface area contributed by atoms with Crippen LogP contribution in [-0.2, 0) is 10.2 Å². The van der Waals surface area contributed by atoms with Crippen molar-refractivity contribution in [3.63, 3.8) is 0 Å². The number of hydrogen-bond acceptors (Lipinski definition) is 2. The van der Waals surface area contributed by atoms with Crippen molar-refractivity contribution in [2.24, 2.45) is 4.40 Å². The Kier molecular flexibility index (Phi) is 1.41. The molecule has 12 heavy (non-hydrogen) atoms. The van der Waals surface area contributed by atoms with Gasteiger partial charge in [0, 0.05) is 5.56 Å². The Morgan fingerprint density at radius 3 is 2.83 bits per heavy atom. The van der Waals surface area contributed by atoms with Crippen LogP contribution in [0.1, 0.15) is 5.56 Å². The predicted octanol–water partition coefficient (Wildman–Crippen LogP) is 0.776. The second kappa shape index (κ2) is 2.31. The van der Waals surface area contributed by atoms with Crippen LogP contribution in [0, 0.1) is 0 Å². The molecule has 0 unspecified atom stereocenters. The van der Waals surface area contributed by atoms with Gasteiger partial charge in [0.15, 0.2) is 0 Å². The topological polar surface area (TPSA) is 58.5 Å². The molecule has 0 aliphatic carbocycles. The van der Waals surface area contributed by atoms with Gasteiger partial charge in [0.05, 0.1) is 11.9 Å². The zero-order chi connectivity index (χ0) is 8.60. The number of para-hydroxylation sites is 1. The third-order valence-corrected chi connectivity index (χ3v) is 2.39. The lowest BCUT2D eigenvalue weighted by Gasteiger charge is -2.10. The highest BCUT2D eigenvalue weighted by molar-refractivity contribution is 7.91. The first-order chi connectivity index (χ1) is 5.67. The molecule has 1 N–H and O–H groups in total. The fraction of sp³-hybridized carbons (Fsp3) is 0. The van der Waals surface area contributed by atoms with E-state index in [2.05, 4.69) is 9.12 Å². The molecule has 0 atom stereocenters. The Bertz CT molecular complexity index is 436. The number of nitrogens with zero attached hydrogens (tertiary/aromatic N) is 1. The van der Waals surface area contributed by atoms with E-state index >= 15 is 0 Å². The van der Waals surface area contributed by atoms with Crippen molar-refractivity contribution < 1.29 is 8.42 Å². The van der Waals surface area contributed by atoms with Crippen molar-refractivity contribution in [2.45, 2.75) is 0 Å². The second-order valence-electron chi connectivity index (χ2n) is 2.40. The van der Waals surface area contributed by atoms with Crippen LogP contribution in [0.15, 0.2) is 28.7 Å². The molecule has 0 amide bonds. The van der Waals surface area contributed by atoms with Crippen LogP contribution in [0.25, 0.3) is 0 Å². The molecule has 0 aromatic heterocycles. The van der Waals surface area contributed by atoms with Gasteiger partial charge in [-0.3, -0.25) is 4.72 Å². The van der Waals surface area contributed by atoms with Crippen LogP contribution in [0.4, 0.5) is 5.69 Å². The highest BCUT2D eigenvalue weighted by Gasteiger charge is 2.13. The minimum absolute atomic E-state index is 0.576. The van der Waals surface area contributed by atoms with Gasteiger partial charge in [0.2, 0.25) is 0 Å². The SMILES string of the molecule is O=S1(=O)N=Cc2ccccc2N1. The summed E-state index contributed by atoms with van der Waals surface area (Å²) in [6.45, 7) is 0. The first kappa shape index (κ1) is 7.30. The van der Waals surface area contributed by atoms with Gasteiger partial charge in [0.25, 0.3) is 0 Å². The van der Waals surface area contributed by atoms with Crippen molar-refractivity contribution in [1.29, 1.82) is 0 Å². The predicted molar refractivity (Wildman–Crippen MR) is 46.6 cm³/mol. The van der Waals surface area contributed by atoms with Crippen LogP contribution < -0.4 is 4.72 Å². The van der Waals surface area contributed by atoms with Crippen LogP contribution in [0.2, 0.25) is 0 Å². The smallest absolute Gasteiger partial charge is 0.265 e. The lowest BCUT2D eigenvalue weighted by Crippen LogP contribution is -2.15. The molecule has 4 nitrogen and oxygen atoms in total. The van der Waals surface area contributed by atoms with E-state index in [1.807, 2.05) is 6.07 Å². The van der Waals surface area contributed by atoms with Gasteiger partial charge in [-0.2, -0.15) is 12.8 Å². The maximum absolute atomic E-state index is 10.9. The number of hydrogen-bond donors (Lipinski definition) is 1. The van der Waals surface area contributed by atoms with Crippen molar-refractivity contribution in [2.75, 3.05) is 4.72 Å². The Morgan fingerprint density at radius 2 is 2.00 bits per heavy atom. The molecule has 0 radical (unpaired) electrons. The van der Waals surface area contributed by atoms with E-state index in [0.29, 0.717) is 5.69 Å². The summed E-state index contributed by atoms with van der Waals surface area (Å²) in [5.74, 6) is 0. The average molecular weight is 182 g/mol. The van der Waals surface area contributed by atoms with E-state index in [9.17, 15) is 8.42 Å². The molecule has 1 aromatic carbocycles. The molecular formula is C7H6N2O2S. The van der Waals surface area contributed by atoms with Gasteiger partial charge in [-0.25, -0.2) is 0 Å². The molecule has 1 aliphatic rings. The fourth-order valence-corrected chi connectivity index (χ4v) is 1.76. The molecule has 5 heteroatoms. The van der Waals surface area contributed by atoms with E-state index in [1.165, 1.54) is 6.21 Å². The summed E-state index contributed by atoms with van der Waals surface area (Å²) >= 11 is 0. The minimum Gasteiger partial charge on any atom is -0.265 e. The Labute approximate surface area is 70.1 Å². The number of anilines is 1. The summed E-state index contributed by atoms with van der Waals surface area (Å²) < 4.78 is 27.5. The van der Waals surface area contributed by atoms with Crippen molar-refractivity contribution >= 4 is 22.1 Å². The van der Waals surface area contributed by atoms with Gasteiger partial charge in [-0.1, -0.05) is 18.2 Å². The van der Waals surface area contributed by atoms with Crippen LogP contribution in [-0.4, -0.2) is 14.6 Å². The number of rotatable bonds is 0. The summed E-state index contributed by atoms with van der Waals surface area (Å²) in [5, 5.41) is 0. The van der Waals surface area contributed by atoms with Gasteiger partial charge >= 0.3 is 10.2 Å². The summed E-state index contributed by atoms with van der Waals surface area (Å²) in [6.07, 6.45) is 1.33. The highest BCUT2D eigenvalue weighted by atomic mass is 32.2. The van der Waals surface area contributed by atoms with E-state index < -0.39 is 10.2 Å². The second-order valence-corrected chi connectivity index (χ2v) is 3.76. The Hall–Kier alpha value is -1.36. The van der Waals surface area contributed by atoms with E-state index in [-0.39, 0.29) is 0 Å². The standard InChI is InChI=1S/C7H6N2O2S/c10-12(11)8-5-6-3-1-2-4-7(6)9-12/h1-5,9H. The maximum atomic E-state index is 10.9. The molecule has 62 valence electrons. The van der Waals surface area contributed by atoms with Gasteiger partial charge in [-0.05, 0) is 6.07 Å². The minimum atomic E-state index is -3.48. The van der Waals surface area contributed by atoms with Crippen molar-refractivity contribution in [3.8, 4) is 0 Å². The van der Waals surface area contributed by atoms with Crippen LogP contribution in [0.3, 0.4) is 0 Å². The average Bonchev–Trinajstić information content (AvgIpc) is 2.02. The fourth-order valence-electron chi connectivity index (χ4n) is 0.994. The molecule has 0 spiro atoms. The molecule has 0 fully saturated rings. The molecule has 0 saturated heterocycles. The monoisotopic (exact) mass is 182 g/mol. The molecule has 0 bridgehead atoms. The molecule has 1 heterocycles. The first-order valence-electron chi connectivity index (χ1n) is 3.34. The largest absolute Gasteiger partial charge is 0.342 e. The van der Waals surface area contributed by atoms with E-state index in [1.54, 1.807) is 18.2 Å². The molecule has 1 aliphatic heterocycles. The van der Waals surface area contributed by atoms with Crippen LogP contribution >= 0.6 is 0 Å². The van der Waals surface area contributed by atoms with Gasteiger partial charge in [-0.15, -0.1) is 0 Å². The van der Waals surface area contributed by atoms with Crippen molar-refractivity contribution in [1.82, 2.24) is 0 Å². The summed E-state index contributed by atoms with van der Waals surface area (Å²) in [7, 11) is -3.48. The van der Waals surface area contributed by atoms with E-state index in [4.69, 9.17) is 0 Å². The third-order valence-electron chi connectivity index (χ3n) is 1.53. The summed E-state index contributed by atoms with van der Waals surface area (Å²) in [4.78, 5) is 0. The lowest BCUT2D eigenvalue weighted by atomic mass is 10.2. The lowest BCUT2D eigenvalue weighted by molar-refractivity contribution is 0.603. The Balaban J connectivity index is 2.61. The third kappa shape index (κ3) is 1.18. The molecule has 1 aromatic rings. The summed E-state index contributed by atoms with van der Waals surface area (Å²) in [6, 6.07) is 7.07. The van der Waals surface area contributed by atoms with Gasteiger partial charge < -0.3 is 0 Å². The highest BCUT2D eigenvalue weighted by Crippen LogP contribution is 2.18. The zero-order valence-electron chi connectivity index (χ0n) is 6.06. The number of nitrogens with one attached hydrogen (secondary N) is 1. The maximum Gasteiger partial charge on any atom is 0.342 e. The number of fused-ring (bicyclic) bond motifs is 1. The first-order valence-corrected chi connectivity index (χ1v) is 4.78. The van der Waals surface area contributed by atoms with E-state index in [0.717, 1.165) is 5.56 Å². The summed E-state index contributed by atoms with van der Waals surface area (Å²) in [5.41, 5.74) is 1.36. The molecule has 0 saturated carbocycles. The molecular weight excluding hydrogens is 176 g/mol. The number of benzene rings is 1. The molecule has 2 rings (SSSR count). The van der Waals surface area contributed by atoms with Crippen molar-refractivity contribution in [3.05, 3.63) is 29.8 Å². The zero-order valence-corrected chi connectivity index (χ0v) is 6.88. The normalized spacial score (nSPS) is 18.0.